The number of hydrogen-bond donors (Lipinski definition) is 1. The van der Waals surface area contributed by atoms with Gasteiger partial charge in [0.1, 0.15) is 12.7 Å². The lowest BCUT2D eigenvalue weighted by molar-refractivity contribution is -0.149. The van der Waals surface area contributed by atoms with Crippen LogP contribution in [-0.4, -0.2) is 36.5 Å². The summed E-state index contributed by atoms with van der Waals surface area (Å²) in [4.78, 5) is 11.9. The second kappa shape index (κ2) is 17.6. The largest absolute Gasteiger partial charge is 0.463 e. The minimum absolute atomic E-state index is 0.0425. The van der Waals surface area contributed by atoms with Crippen molar-refractivity contribution >= 4 is 5.97 Å². The third-order valence-electron chi connectivity index (χ3n) is 6.79. The van der Waals surface area contributed by atoms with Gasteiger partial charge in [0.05, 0.1) is 6.10 Å². The SMILES string of the molecule is C/C(=C\CCC(=O)OCC(O)C1CCCO1)CCCC(C)CCCC(C)CCCC(C)C. The molecule has 32 heavy (non-hydrogen) atoms. The van der Waals surface area contributed by atoms with E-state index < -0.39 is 6.10 Å². The van der Waals surface area contributed by atoms with E-state index in [-0.39, 0.29) is 18.7 Å². The van der Waals surface area contributed by atoms with Crippen molar-refractivity contribution in [3.63, 3.8) is 0 Å². The number of esters is 1. The molecule has 1 aliphatic rings. The van der Waals surface area contributed by atoms with Gasteiger partial charge in [-0.2, -0.15) is 0 Å². The van der Waals surface area contributed by atoms with Crippen LogP contribution >= 0.6 is 0 Å². The summed E-state index contributed by atoms with van der Waals surface area (Å²) in [5.74, 6) is 2.27. The van der Waals surface area contributed by atoms with E-state index in [9.17, 15) is 9.90 Å². The Morgan fingerprint density at radius 1 is 1.00 bits per heavy atom. The smallest absolute Gasteiger partial charge is 0.306 e. The standard InChI is InChI=1S/C28H52O4/c1-22(2)11-6-12-23(3)13-7-14-24(4)15-8-16-25(5)17-9-19-28(30)32-21-26(29)27-18-10-20-31-27/h17,22-24,26-27,29H,6-16,18-21H2,1-5H3/b25-17+. The topological polar surface area (TPSA) is 55.8 Å². The molecule has 1 aliphatic heterocycles. The van der Waals surface area contributed by atoms with Gasteiger partial charge in [-0.05, 0) is 56.8 Å². The first kappa shape index (κ1) is 29.2. The van der Waals surface area contributed by atoms with Crippen LogP contribution < -0.4 is 0 Å². The molecule has 1 N–H and O–H groups in total. The van der Waals surface area contributed by atoms with Crippen LogP contribution in [0.1, 0.15) is 118 Å². The normalized spacial score (nSPS) is 19.8. The van der Waals surface area contributed by atoms with Gasteiger partial charge in [-0.3, -0.25) is 4.79 Å². The summed E-state index contributed by atoms with van der Waals surface area (Å²) >= 11 is 0. The van der Waals surface area contributed by atoms with E-state index in [4.69, 9.17) is 9.47 Å². The van der Waals surface area contributed by atoms with E-state index in [2.05, 4.69) is 40.7 Å². The molecular weight excluding hydrogens is 400 g/mol. The Hall–Kier alpha value is -0.870. The van der Waals surface area contributed by atoms with E-state index in [1.807, 2.05) is 0 Å². The van der Waals surface area contributed by atoms with Crippen molar-refractivity contribution in [2.24, 2.45) is 17.8 Å². The highest BCUT2D eigenvalue weighted by Gasteiger charge is 2.25. The zero-order valence-corrected chi connectivity index (χ0v) is 21.7. The predicted octanol–water partition coefficient (Wildman–Crippen LogP) is 7.24. The Balaban J connectivity index is 2.02. The van der Waals surface area contributed by atoms with E-state index in [1.54, 1.807) is 0 Å². The van der Waals surface area contributed by atoms with Crippen LogP contribution in [0.4, 0.5) is 0 Å². The van der Waals surface area contributed by atoms with Gasteiger partial charge < -0.3 is 14.6 Å². The molecule has 0 bridgehead atoms. The zero-order valence-electron chi connectivity index (χ0n) is 21.7. The molecular formula is C28H52O4. The predicted molar refractivity (Wildman–Crippen MR) is 134 cm³/mol. The third kappa shape index (κ3) is 15.1. The van der Waals surface area contributed by atoms with Gasteiger partial charge in [-0.15, -0.1) is 0 Å². The minimum Gasteiger partial charge on any atom is -0.463 e. The Labute approximate surface area is 198 Å². The molecule has 0 radical (unpaired) electrons. The van der Waals surface area contributed by atoms with Crippen LogP contribution in [0, 0.1) is 17.8 Å². The van der Waals surface area contributed by atoms with Gasteiger partial charge in [0.25, 0.3) is 0 Å². The molecule has 0 aromatic rings. The summed E-state index contributed by atoms with van der Waals surface area (Å²) in [5.41, 5.74) is 1.36. The number of ether oxygens (including phenoxy) is 2. The summed E-state index contributed by atoms with van der Waals surface area (Å²) in [6.07, 6.45) is 16.1. The van der Waals surface area contributed by atoms with E-state index in [0.29, 0.717) is 19.4 Å². The first-order valence-corrected chi connectivity index (χ1v) is 13.4. The maximum atomic E-state index is 11.9. The van der Waals surface area contributed by atoms with Gasteiger partial charge in [-0.25, -0.2) is 0 Å². The maximum absolute atomic E-state index is 11.9. The molecule has 0 amide bonds. The van der Waals surface area contributed by atoms with Crippen molar-refractivity contribution in [3.8, 4) is 0 Å². The van der Waals surface area contributed by atoms with Crippen LogP contribution in [0.5, 0.6) is 0 Å². The van der Waals surface area contributed by atoms with Crippen molar-refractivity contribution in [3.05, 3.63) is 11.6 Å². The second-order valence-electron chi connectivity index (χ2n) is 10.7. The Bertz CT molecular complexity index is 508. The monoisotopic (exact) mass is 452 g/mol. The van der Waals surface area contributed by atoms with Gasteiger partial charge in [0, 0.05) is 13.0 Å². The quantitative estimate of drug-likeness (QED) is 0.176. The fourth-order valence-electron chi connectivity index (χ4n) is 4.51. The fourth-order valence-corrected chi connectivity index (χ4v) is 4.51. The average molecular weight is 453 g/mol. The molecule has 188 valence electrons. The number of carbonyl (C=O) groups excluding carboxylic acids is 1. The van der Waals surface area contributed by atoms with Crippen LogP contribution in [0.2, 0.25) is 0 Å². The third-order valence-corrected chi connectivity index (χ3v) is 6.79. The molecule has 4 nitrogen and oxygen atoms in total. The highest BCUT2D eigenvalue weighted by Crippen LogP contribution is 2.22. The molecule has 4 atom stereocenters. The molecule has 4 heteroatoms. The first-order chi connectivity index (χ1) is 15.3. The fraction of sp³-hybridized carbons (Fsp3) is 0.893. The van der Waals surface area contributed by atoms with Crippen molar-refractivity contribution in [2.75, 3.05) is 13.2 Å². The van der Waals surface area contributed by atoms with Crippen LogP contribution in [-0.2, 0) is 14.3 Å². The van der Waals surface area contributed by atoms with E-state index >= 15 is 0 Å². The number of allylic oxidation sites excluding steroid dienone is 2. The zero-order chi connectivity index (χ0) is 23.8. The van der Waals surface area contributed by atoms with Crippen molar-refractivity contribution in [1.82, 2.24) is 0 Å². The summed E-state index contributed by atoms with van der Waals surface area (Å²) in [5, 5.41) is 9.97. The Kier molecular flexibility index (Phi) is 16.0. The molecule has 1 saturated heterocycles. The number of hydrogen-bond acceptors (Lipinski definition) is 4. The van der Waals surface area contributed by atoms with Gasteiger partial charge >= 0.3 is 5.97 Å². The van der Waals surface area contributed by atoms with Crippen molar-refractivity contribution in [2.45, 2.75) is 130 Å². The lowest BCUT2D eigenvalue weighted by Gasteiger charge is -2.17. The molecule has 1 fully saturated rings. The molecule has 1 heterocycles. The minimum atomic E-state index is -0.700. The molecule has 1 rings (SSSR count). The number of rotatable bonds is 18. The summed E-state index contributed by atoms with van der Waals surface area (Å²) in [7, 11) is 0. The van der Waals surface area contributed by atoms with Gasteiger partial charge in [0.15, 0.2) is 0 Å². The van der Waals surface area contributed by atoms with E-state index in [1.165, 1.54) is 56.9 Å². The summed E-state index contributed by atoms with van der Waals surface area (Å²) < 4.78 is 10.6. The molecule has 0 aromatic carbocycles. The van der Waals surface area contributed by atoms with Gasteiger partial charge in [-0.1, -0.05) is 84.3 Å². The van der Waals surface area contributed by atoms with Crippen LogP contribution in [0.3, 0.4) is 0 Å². The van der Waals surface area contributed by atoms with E-state index in [0.717, 1.165) is 37.0 Å². The molecule has 0 aromatic heterocycles. The summed E-state index contributed by atoms with van der Waals surface area (Å²) in [6, 6.07) is 0. The second-order valence-corrected chi connectivity index (χ2v) is 10.7. The molecule has 0 spiro atoms. The van der Waals surface area contributed by atoms with Crippen molar-refractivity contribution in [1.29, 1.82) is 0 Å². The van der Waals surface area contributed by atoms with Gasteiger partial charge in [0.2, 0.25) is 0 Å². The number of aliphatic hydroxyl groups is 1. The van der Waals surface area contributed by atoms with Crippen LogP contribution in [0.15, 0.2) is 11.6 Å². The first-order valence-electron chi connectivity index (χ1n) is 13.4. The molecule has 0 aliphatic carbocycles. The van der Waals surface area contributed by atoms with Crippen molar-refractivity contribution < 1.29 is 19.4 Å². The lowest BCUT2D eigenvalue weighted by atomic mass is 9.91. The lowest BCUT2D eigenvalue weighted by Crippen LogP contribution is -2.30. The molecule has 4 unspecified atom stereocenters. The number of carbonyl (C=O) groups is 1. The summed E-state index contributed by atoms with van der Waals surface area (Å²) in [6.45, 7) is 12.3. The van der Waals surface area contributed by atoms with Crippen LogP contribution in [0.25, 0.3) is 0 Å². The molecule has 0 saturated carbocycles. The number of aliphatic hydroxyl groups excluding tert-OH is 1. The average Bonchev–Trinajstić information content (AvgIpc) is 3.27. The highest BCUT2D eigenvalue weighted by atomic mass is 16.6. The Morgan fingerprint density at radius 2 is 1.62 bits per heavy atom. The highest BCUT2D eigenvalue weighted by molar-refractivity contribution is 5.69. The maximum Gasteiger partial charge on any atom is 0.306 e. The Morgan fingerprint density at radius 3 is 2.22 bits per heavy atom.